The standard InChI is InChI=1S/C17H33NO4/c1-5-20-11-9-7-6-8-10-18-12-14(19)16-15(13(18)2)21-17(3,4)22-16/h13-16,19H,5-12H2,1-4H3/t13-,14+,15+,16?/m1/s1. The number of aliphatic hydroxyl groups is 1. The molecule has 2 saturated heterocycles. The van der Waals surface area contributed by atoms with E-state index < -0.39 is 11.9 Å². The van der Waals surface area contributed by atoms with E-state index in [1.807, 2.05) is 20.8 Å². The van der Waals surface area contributed by atoms with Crippen LogP contribution < -0.4 is 0 Å². The summed E-state index contributed by atoms with van der Waals surface area (Å²) in [4.78, 5) is 2.35. The molecule has 2 fully saturated rings. The molecule has 0 aliphatic carbocycles. The first-order chi connectivity index (χ1) is 10.4. The van der Waals surface area contributed by atoms with Gasteiger partial charge >= 0.3 is 0 Å². The van der Waals surface area contributed by atoms with Crippen LogP contribution in [0, 0.1) is 0 Å². The molecule has 0 radical (unpaired) electrons. The average Bonchev–Trinajstić information content (AvgIpc) is 2.79. The summed E-state index contributed by atoms with van der Waals surface area (Å²) >= 11 is 0. The molecule has 0 aromatic heterocycles. The van der Waals surface area contributed by atoms with Gasteiger partial charge in [0.05, 0.1) is 6.10 Å². The van der Waals surface area contributed by atoms with Gasteiger partial charge < -0.3 is 19.3 Å². The van der Waals surface area contributed by atoms with Crippen LogP contribution in [0.2, 0.25) is 0 Å². The first-order valence-corrected chi connectivity index (χ1v) is 8.80. The molecule has 130 valence electrons. The Morgan fingerprint density at radius 2 is 1.82 bits per heavy atom. The van der Waals surface area contributed by atoms with Crippen LogP contribution in [-0.4, -0.2) is 66.5 Å². The highest BCUT2D eigenvalue weighted by molar-refractivity contribution is 4.98. The number of likely N-dealkylation sites (tertiary alicyclic amines) is 1. The average molecular weight is 315 g/mol. The van der Waals surface area contributed by atoms with Crippen molar-refractivity contribution in [1.82, 2.24) is 4.90 Å². The summed E-state index contributed by atoms with van der Waals surface area (Å²) in [5.74, 6) is -0.583. The third-order valence-corrected chi connectivity index (χ3v) is 4.70. The molecule has 2 aliphatic heterocycles. The molecule has 1 N–H and O–H groups in total. The molecule has 5 heteroatoms. The van der Waals surface area contributed by atoms with Crippen molar-refractivity contribution in [2.24, 2.45) is 0 Å². The zero-order valence-corrected chi connectivity index (χ0v) is 14.6. The van der Waals surface area contributed by atoms with E-state index in [4.69, 9.17) is 14.2 Å². The Labute approximate surface area is 134 Å². The van der Waals surface area contributed by atoms with E-state index in [9.17, 15) is 5.11 Å². The van der Waals surface area contributed by atoms with Crippen molar-refractivity contribution in [2.75, 3.05) is 26.3 Å². The Morgan fingerprint density at radius 3 is 2.55 bits per heavy atom. The molecule has 0 bridgehead atoms. The largest absolute Gasteiger partial charge is 0.389 e. The van der Waals surface area contributed by atoms with E-state index in [2.05, 4.69) is 11.8 Å². The number of β-amino-alcohol motifs (C(OH)–C–C–N with tert-alkyl or cyclic N) is 1. The zero-order valence-electron chi connectivity index (χ0n) is 14.6. The van der Waals surface area contributed by atoms with E-state index >= 15 is 0 Å². The first-order valence-electron chi connectivity index (χ1n) is 8.80. The highest BCUT2D eigenvalue weighted by atomic mass is 16.8. The lowest BCUT2D eigenvalue weighted by Crippen LogP contribution is -2.59. The van der Waals surface area contributed by atoms with Crippen molar-refractivity contribution < 1.29 is 19.3 Å². The number of hydrogen-bond donors (Lipinski definition) is 1. The van der Waals surface area contributed by atoms with Crippen molar-refractivity contribution in [3.63, 3.8) is 0 Å². The number of aliphatic hydroxyl groups excluding tert-OH is 1. The van der Waals surface area contributed by atoms with Crippen LogP contribution in [0.4, 0.5) is 0 Å². The van der Waals surface area contributed by atoms with Crippen LogP contribution in [0.15, 0.2) is 0 Å². The number of rotatable bonds is 8. The number of fused-ring (bicyclic) bond motifs is 1. The van der Waals surface area contributed by atoms with Gasteiger partial charge in [-0.2, -0.15) is 0 Å². The molecular formula is C17H33NO4. The van der Waals surface area contributed by atoms with Gasteiger partial charge in [0, 0.05) is 25.8 Å². The summed E-state index contributed by atoms with van der Waals surface area (Å²) in [6.07, 6.45) is 4.05. The van der Waals surface area contributed by atoms with Crippen molar-refractivity contribution in [3.05, 3.63) is 0 Å². The second kappa shape index (κ2) is 8.06. The smallest absolute Gasteiger partial charge is 0.163 e. The summed E-state index contributed by atoms with van der Waals surface area (Å²) in [6, 6.07) is 0.290. The highest BCUT2D eigenvalue weighted by Crippen LogP contribution is 2.36. The van der Waals surface area contributed by atoms with Crippen LogP contribution in [0.5, 0.6) is 0 Å². The molecule has 0 aromatic carbocycles. The molecule has 0 spiro atoms. The lowest BCUT2D eigenvalue weighted by atomic mass is 9.94. The number of piperidine rings is 1. The quantitative estimate of drug-likeness (QED) is 0.696. The lowest BCUT2D eigenvalue weighted by molar-refractivity contribution is -0.153. The maximum absolute atomic E-state index is 10.3. The molecule has 0 aromatic rings. The number of unbranched alkanes of at least 4 members (excludes halogenated alkanes) is 3. The van der Waals surface area contributed by atoms with Crippen molar-refractivity contribution in [1.29, 1.82) is 0 Å². The maximum atomic E-state index is 10.3. The Bertz CT molecular complexity index is 337. The van der Waals surface area contributed by atoms with Gasteiger partial charge in [0.2, 0.25) is 0 Å². The van der Waals surface area contributed by atoms with Crippen molar-refractivity contribution in [3.8, 4) is 0 Å². The molecule has 2 aliphatic rings. The molecule has 2 heterocycles. The summed E-state index contributed by atoms with van der Waals surface area (Å²) < 4.78 is 17.2. The second-order valence-corrected chi connectivity index (χ2v) is 6.98. The lowest BCUT2D eigenvalue weighted by Gasteiger charge is -2.41. The summed E-state index contributed by atoms with van der Waals surface area (Å²) in [5, 5.41) is 10.3. The molecule has 4 atom stereocenters. The molecule has 0 saturated carbocycles. The van der Waals surface area contributed by atoms with Crippen molar-refractivity contribution in [2.45, 2.75) is 83.5 Å². The number of nitrogens with zero attached hydrogens (tertiary/aromatic N) is 1. The fraction of sp³-hybridized carbons (Fsp3) is 1.00. The maximum Gasteiger partial charge on any atom is 0.163 e. The highest BCUT2D eigenvalue weighted by Gasteiger charge is 2.51. The third kappa shape index (κ3) is 4.65. The molecule has 0 amide bonds. The fourth-order valence-electron chi connectivity index (χ4n) is 3.52. The van der Waals surface area contributed by atoms with E-state index in [1.54, 1.807) is 0 Å². The summed E-state index contributed by atoms with van der Waals surface area (Å²) in [5.41, 5.74) is 0. The van der Waals surface area contributed by atoms with Crippen LogP contribution in [0.3, 0.4) is 0 Å². The Morgan fingerprint density at radius 1 is 1.14 bits per heavy atom. The molecule has 5 nitrogen and oxygen atoms in total. The monoisotopic (exact) mass is 315 g/mol. The molecule has 2 rings (SSSR count). The Hall–Kier alpha value is -0.200. The number of ether oxygens (including phenoxy) is 3. The topological polar surface area (TPSA) is 51.2 Å². The van der Waals surface area contributed by atoms with E-state index in [0.29, 0.717) is 12.6 Å². The van der Waals surface area contributed by atoms with Gasteiger partial charge in [0.1, 0.15) is 12.2 Å². The molecular weight excluding hydrogens is 282 g/mol. The van der Waals surface area contributed by atoms with E-state index in [1.165, 1.54) is 12.8 Å². The normalized spacial score (nSPS) is 34.8. The van der Waals surface area contributed by atoms with Gasteiger partial charge in [-0.25, -0.2) is 0 Å². The van der Waals surface area contributed by atoms with Gasteiger partial charge in [0.15, 0.2) is 5.79 Å². The van der Waals surface area contributed by atoms with Crippen LogP contribution in [0.1, 0.15) is 53.4 Å². The van der Waals surface area contributed by atoms with Crippen molar-refractivity contribution >= 4 is 0 Å². The SMILES string of the molecule is CCOCCCCCCN1C[C@H](O)C2OC(C)(C)O[C@H]2[C@H]1C. The second-order valence-electron chi connectivity index (χ2n) is 6.98. The first kappa shape index (κ1) is 18.1. The van der Waals surface area contributed by atoms with Gasteiger partial charge in [-0.15, -0.1) is 0 Å². The minimum Gasteiger partial charge on any atom is -0.389 e. The molecule has 1 unspecified atom stereocenters. The predicted molar refractivity (Wildman–Crippen MR) is 85.8 cm³/mol. The van der Waals surface area contributed by atoms with Gasteiger partial charge in [-0.1, -0.05) is 12.8 Å². The zero-order chi connectivity index (χ0) is 16.2. The Balaban J connectivity index is 1.71. The van der Waals surface area contributed by atoms with Gasteiger partial charge in [-0.3, -0.25) is 4.90 Å². The number of hydrogen-bond acceptors (Lipinski definition) is 5. The third-order valence-electron chi connectivity index (χ3n) is 4.70. The summed E-state index contributed by atoms with van der Waals surface area (Å²) in [6.45, 7) is 11.4. The van der Waals surface area contributed by atoms with E-state index in [-0.39, 0.29) is 12.2 Å². The minimum atomic E-state index is -0.583. The summed E-state index contributed by atoms with van der Waals surface area (Å²) in [7, 11) is 0. The van der Waals surface area contributed by atoms with Gasteiger partial charge in [0.25, 0.3) is 0 Å². The van der Waals surface area contributed by atoms with Crippen LogP contribution >= 0.6 is 0 Å². The van der Waals surface area contributed by atoms with Crippen LogP contribution in [-0.2, 0) is 14.2 Å². The van der Waals surface area contributed by atoms with Gasteiger partial charge in [-0.05, 0) is 47.1 Å². The fourth-order valence-corrected chi connectivity index (χ4v) is 3.52. The minimum absolute atomic E-state index is 0.0308. The van der Waals surface area contributed by atoms with Crippen LogP contribution in [0.25, 0.3) is 0 Å². The predicted octanol–water partition coefficient (Wildman–Crippen LogP) is 2.17. The molecule has 22 heavy (non-hydrogen) atoms. The van der Waals surface area contributed by atoms with E-state index in [0.717, 1.165) is 32.6 Å². The Kier molecular flexibility index (Phi) is 6.65.